The first kappa shape index (κ1) is 25.2. The van der Waals surface area contributed by atoms with E-state index in [2.05, 4.69) is 0 Å². The highest BCUT2D eigenvalue weighted by Crippen LogP contribution is 2.25. The molecule has 32 heavy (non-hydrogen) atoms. The molecule has 2 unspecified atom stereocenters. The van der Waals surface area contributed by atoms with Gasteiger partial charge in [0, 0.05) is 14.2 Å². The standard InChI is InChI=1S/C24H31NO7/c1-24(2,3)32-23(28)25(4)15-20(26)16-10-12-18(13-11-16)31-22(27)21(30-6)17-8-7-9-19(14-17)29-5/h7-14,20-21,26H,15H2,1-6H3. The summed E-state index contributed by atoms with van der Waals surface area (Å²) < 4.78 is 21.2. The number of carbonyl (C=O) groups is 2. The monoisotopic (exact) mass is 445 g/mol. The molecule has 0 radical (unpaired) electrons. The van der Waals surface area contributed by atoms with Crippen LogP contribution in [-0.4, -0.2) is 55.5 Å². The molecule has 8 nitrogen and oxygen atoms in total. The highest BCUT2D eigenvalue weighted by molar-refractivity contribution is 5.79. The fourth-order valence-electron chi connectivity index (χ4n) is 2.88. The number of methoxy groups -OCH3 is 2. The van der Waals surface area contributed by atoms with Crippen molar-refractivity contribution < 1.29 is 33.6 Å². The SMILES string of the molecule is COc1cccc(C(OC)C(=O)Oc2ccc(C(O)CN(C)C(=O)OC(C)(C)C)cc2)c1. The summed E-state index contributed by atoms with van der Waals surface area (Å²) in [7, 11) is 4.52. The van der Waals surface area contributed by atoms with Crippen molar-refractivity contribution in [3.05, 3.63) is 59.7 Å². The first-order chi connectivity index (χ1) is 15.0. The molecule has 0 aliphatic carbocycles. The lowest BCUT2D eigenvalue weighted by molar-refractivity contribution is -0.146. The van der Waals surface area contributed by atoms with E-state index < -0.39 is 29.9 Å². The quantitative estimate of drug-likeness (QED) is 0.487. The van der Waals surface area contributed by atoms with Crippen molar-refractivity contribution in [2.24, 2.45) is 0 Å². The molecule has 0 saturated carbocycles. The van der Waals surface area contributed by atoms with Gasteiger partial charge in [0.05, 0.1) is 19.8 Å². The number of nitrogens with zero attached hydrogens (tertiary/aromatic N) is 1. The van der Waals surface area contributed by atoms with Gasteiger partial charge in [0.2, 0.25) is 0 Å². The summed E-state index contributed by atoms with van der Waals surface area (Å²) in [5.41, 5.74) is 0.553. The minimum absolute atomic E-state index is 0.0512. The van der Waals surface area contributed by atoms with Crippen molar-refractivity contribution >= 4 is 12.1 Å². The zero-order valence-electron chi connectivity index (χ0n) is 19.3. The summed E-state index contributed by atoms with van der Waals surface area (Å²) in [4.78, 5) is 26.0. The van der Waals surface area contributed by atoms with Crippen molar-refractivity contribution in [1.82, 2.24) is 4.90 Å². The van der Waals surface area contributed by atoms with Crippen molar-refractivity contribution in [2.45, 2.75) is 38.6 Å². The molecule has 2 aromatic carbocycles. The van der Waals surface area contributed by atoms with Crippen molar-refractivity contribution in [3.8, 4) is 11.5 Å². The summed E-state index contributed by atoms with van der Waals surface area (Å²) in [6, 6.07) is 13.4. The molecule has 1 N–H and O–H groups in total. The highest BCUT2D eigenvalue weighted by atomic mass is 16.6. The number of benzene rings is 2. The Morgan fingerprint density at radius 3 is 2.22 bits per heavy atom. The van der Waals surface area contributed by atoms with Gasteiger partial charge in [0.15, 0.2) is 6.10 Å². The largest absolute Gasteiger partial charge is 0.497 e. The molecule has 0 bridgehead atoms. The van der Waals surface area contributed by atoms with Gasteiger partial charge in [-0.25, -0.2) is 9.59 Å². The van der Waals surface area contributed by atoms with E-state index in [4.69, 9.17) is 18.9 Å². The van der Waals surface area contributed by atoms with E-state index >= 15 is 0 Å². The number of rotatable bonds is 8. The highest BCUT2D eigenvalue weighted by Gasteiger charge is 2.24. The normalized spacial score (nSPS) is 13.1. The summed E-state index contributed by atoms with van der Waals surface area (Å²) in [6.45, 7) is 5.38. The summed E-state index contributed by atoms with van der Waals surface area (Å²) in [5.74, 6) is 0.321. The smallest absolute Gasteiger partial charge is 0.410 e. The van der Waals surface area contributed by atoms with Crippen molar-refractivity contribution in [2.75, 3.05) is 27.8 Å². The van der Waals surface area contributed by atoms with Gasteiger partial charge in [-0.3, -0.25) is 0 Å². The first-order valence-corrected chi connectivity index (χ1v) is 10.1. The predicted molar refractivity (Wildman–Crippen MR) is 119 cm³/mol. The number of aliphatic hydroxyl groups is 1. The van der Waals surface area contributed by atoms with Crippen LogP contribution in [0.1, 0.15) is 44.1 Å². The lowest BCUT2D eigenvalue weighted by atomic mass is 10.1. The molecule has 0 spiro atoms. The van der Waals surface area contributed by atoms with Crippen LogP contribution in [0, 0.1) is 0 Å². The number of carbonyl (C=O) groups excluding carboxylic acids is 2. The fraction of sp³-hybridized carbons (Fsp3) is 0.417. The van der Waals surface area contributed by atoms with E-state index in [0.717, 1.165) is 0 Å². The maximum atomic E-state index is 12.6. The van der Waals surface area contributed by atoms with E-state index in [9.17, 15) is 14.7 Å². The number of aliphatic hydroxyl groups excluding tert-OH is 1. The number of ether oxygens (including phenoxy) is 4. The van der Waals surface area contributed by atoms with Gasteiger partial charge in [-0.15, -0.1) is 0 Å². The molecule has 0 aliphatic heterocycles. The molecule has 2 aromatic rings. The Bertz CT molecular complexity index is 905. The third-order valence-electron chi connectivity index (χ3n) is 4.48. The molecule has 2 atom stereocenters. The molecule has 174 valence electrons. The molecular weight excluding hydrogens is 414 g/mol. The van der Waals surface area contributed by atoms with Gasteiger partial charge in [0.25, 0.3) is 0 Å². The minimum Gasteiger partial charge on any atom is -0.497 e. The Labute approximate surface area is 188 Å². The van der Waals surface area contributed by atoms with Gasteiger partial charge in [-0.05, 0) is 56.2 Å². The summed E-state index contributed by atoms with van der Waals surface area (Å²) in [6.07, 6.45) is -2.37. The summed E-state index contributed by atoms with van der Waals surface area (Å²) in [5, 5.41) is 10.4. The molecule has 8 heteroatoms. The van der Waals surface area contributed by atoms with Crippen molar-refractivity contribution in [1.29, 1.82) is 0 Å². The van der Waals surface area contributed by atoms with Gasteiger partial charge in [0.1, 0.15) is 17.1 Å². The van der Waals surface area contributed by atoms with Gasteiger partial charge in [-0.1, -0.05) is 24.3 Å². The van der Waals surface area contributed by atoms with Gasteiger partial charge in [-0.2, -0.15) is 0 Å². The maximum absolute atomic E-state index is 12.6. The Balaban J connectivity index is 2.00. The van der Waals surface area contributed by atoms with E-state index in [1.54, 1.807) is 83.5 Å². The second-order valence-corrected chi connectivity index (χ2v) is 8.26. The van der Waals surface area contributed by atoms with Crippen LogP contribution in [0.25, 0.3) is 0 Å². The van der Waals surface area contributed by atoms with E-state index in [0.29, 0.717) is 22.6 Å². The van der Waals surface area contributed by atoms with Crippen LogP contribution in [0.4, 0.5) is 4.79 Å². The third kappa shape index (κ3) is 7.25. The van der Waals surface area contributed by atoms with Crippen LogP contribution >= 0.6 is 0 Å². The Morgan fingerprint density at radius 1 is 1.00 bits per heavy atom. The van der Waals surface area contributed by atoms with Crippen LogP contribution < -0.4 is 9.47 Å². The van der Waals surface area contributed by atoms with Crippen LogP contribution in [0.15, 0.2) is 48.5 Å². The Hall–Kier alpha value is -3.10. The lowest BCUT2D eigenvalue weighted by Crippen LogP contribution is -2.36. The molecule has 0 aromatic heterocycles. The van der Waals surface area contributed by atoms with Crippen molar-refractivity contribution in [3.63, 3.8) is 0 Å². The van der Waals surface area contributed by atoms with Crippen LogP contribution in [0.2, 0.25) is 0 Å². The predicted octanol–water partition coefficient (Wildman–Crippen LogP) is 3.89. The molecule has 0 saturated heterocycles. The average Bonchev–Trinajstić information content (AvgIpc) is 2.73. The number of hydrogen-bond acceptors (Lipinski definition) is 7. The average molecular weight is 446 g/mol. The second-order valence-electron chi connectivity index (χ2n) is 8.26. The topological polar surface area (TPSA) is 94.5 Å². The second kappa shape index (κ2) is 11.0. The molecule has 0 aliphatic rings. The van der Waals surface area contributed by atoms with Gasteiger partial charge >= 0.3 is 12.1 Å². The maximum Gasteiger partial charge on any atom is 0.410 e. The number of hydrogen-bond donors (Lipinski definition) is 1. The molecule has 0 fully saturated rings. The first-order valence-electron chi connectivity index (χ1n) is 10.1. The van der Waals surface area contributed by atoms with E-state index in [1.165, 1.54) is 12.0 Å². The van der Waals surface area contributed by atoms with Gasteiger partial charge < -0.3 is 29.0 Å². The molecule has 0 heterocycles. The lowest BCUT2D eigenvalue weighted by Gasteiger charge is -2.26. The Kier molecular flexibility index (Phi) is 8.63. The van der Waals surface area contributed by atoms with Crippen LogP contribution in [-0.2, 0) is 14.3 Å². The zero-order chi connectivity index (χ0) is 23.9. The van der Waals surface area contributed by atoms with Crippen LogP contribution in [0.3, 0.4) is 0 Å². The minimum atomic E-state index is -0.930. The molecule has 2 rings (SSSR count). The zero-order valence-corrected chi connectivity index (χ0v) is 19.3. The summed E-state index contributed by atoms with van der Waals surface area (Å²) >= 11 is 0. The van der Waals surface area contributed by atoms with E-state index in [1.807, 2.05) is 0 Å². The Morgan fingerprint density at radius 2 is 1.66 bits per heavy atom. The number of likely N-dealkylation sites (N-methyl/N-ethyl adjacent to an activating group) is 1. The fourth-order valence-corrected chi connectivity index (χ4v) is 2.88. The third-order valence-corrected chi connectivity index (χ3v) is 4.48. The number of esters is 1. The number of amides is 1. The van der Waals surface area contributed by atoms with E-state index in [-0.39, 0.29) is 6.54 Å². The molecular formula is C24H31NO7. The van der Waals surface area contributed by atoms with Crippen LogP contribution in [0.5, 0.6) is 11.5 Å². The molecule has 1 amide bonds.